The van der Waals surface area contributed by atoms with E-state index in [1.807, 2.05) is 36.7 Å². The van der Waals surface area contributed by atoms with Gasteiger partial charge in [0.1, 0.15) is 0 Å². The molecule has 0 spiro atoms. The van der Waals surface area contributed by atoms with Crippen LogP contribution in [-0.2, 0) is 6.54 Å². The molecule has 88 valence electrons. The summed E-state index contributed by atoms with van der Waals surface area (Å²) in [6, 6.07) is 14.2. The Hall–Kier alpha value is -2.42. The van der Waals surface area contributed by atoms with Crippen molar-refractivity contribution in [2.75, 3.05) is 5.32 Å². The molecular weight excluding hydrogens is 222 g/mol. The average Bonchev–Trinajstić information content (AvgIpc) is 2.46. The summed E-state index contributed by atoms with van der Waals surface area (Å²) in [6.07, 6.45) is 5.46. The summed E-state index contributed by atoms with van der Waals surface area (Å²) in [5.74, 6) is 0. The summed E-state index contributed by atoms with van der Waals surface area (Å²) in [5, 5.41) is 4.53. The molecule has 0 aliphatic carbocycles. The van der Waals surface area contributed by atoms with Crippen LogP contribution in [0, 0.1) is 0 Å². The van der Waals surface area contributed by atoms with Crippen molar-refractivity contribution in [3.8, 4) is 0 Å². The van der Waals surface area contributed by atoms with Gasteiger partial charge in [0.05, 0.1) is 5.52 Å². The highest BCUT2D eigenvalue weighted by molar-refractivity contribution is 5.82. The van der Waals surface area contributed by atoms with Crippen LogP contribution in [0.25, 0.3) is 10.9 Å². The van der Waals surface area contributed by atoms with Crippen LogP contribution in [0.2, 0.25) is 0 Å². The molecule has 2 aromatic heterocycles. The highest BCUT2D eigenvalue weighted by atomic mass is 14.9. The molecule has 0 saturated heterocycles. The van der Waals surface area contributed by atoms with Gasteiger partial charge in [-0.1, -0.05) is 12.1 Å². The Morgan fingerprint density at radius 3 is 2.83 bits per heavy atom. The van der Waals surface area contributed by atoms with E-state index in [1.165, 1.54) is 5.56 Å². The zero-order valence-corrected chi connectivity index (χ0v) is 9.88. The highest BCUT2D eigenvalue weighted by Crippen LogP contribution is 2.17. The average molecular weight is 235 g/mol. The lowest BCUT2D eigenvalue weighted by atomic mass is 10.2. The van der Waals surface area contributed by atoms with Gasteiger partial charge in [-0.2, -0.15) is 0 Å². The van der Waals surface area contributed by atoms with E-state index < -0.39 is 0 Å². The quantitative estimate of drug-likeness (QED) is 0.757. The van der Waals surface area contributed by atoms with E-state index in [-0.39, 0.29) is 0 Å². The molecule has 18 heavy (non-hydrogen) atoms. The van der Waals surface area contributed by atoms with Gasteiger partial charge in [0, 0.05) is 36.2 Å². The second-order valence-electron chi connectivity index (χ2n) is 4.13. The predicted molar refractivity (Wildman–Crippen MR) is 73.3 cm³/mol. The molecule has 0 fully saturated rings. The maximum absolute atomic E-state index is 4.30. The molecule has 3 nitrogen and oxygen atoms in total. The number of aromatic nitrogens is 2. The summed E-state index contributed by atoms with van der Waals surface area (Å²) < 4.78 is 0. The fraction of sp³-hybridized carbons (Fsp3) is 0.0667. The van der Waals surface area contributed by atoms with E-state index in [9.17, 15) is 0 Å². The summed E-state index contributed by atoms with van der Waals surface area (Å²) >= 11 is 0. The molecule has 3 heteroatoms. The van der Waals surface area contributed by atoms with Crippen molar-refractivity contribution in [2.45, 2.75) is 6.54 Å². The Kier molecular flexibility index (Phi) is 2.88. The van der Waals surface area contributed by atoms with Crippen LogP contribution in [-0.4, -0.2) is 9.97 Å². The summed E-state index contributed by atoms with van der Waals surface area (Å²) in [6.45, 7) is 0.777. The van der Waals surface area contributed by atoms with E-state index in [4.69, 9.17) is 0 Å². The number of hydrogen-bond donors (Lipinski definition) is 1. The highest BCUT2D eigenvalue weighted by Gasteiger charge is 1.97. The number of anilines is 1. The molecule has 1 aromatic carbocycles. The molecule has 0 aliphatic rings. The van der Waals surface area contributed by atoms with Gasteiger partial charge < -0.3 is 5.32 Å². The number of rotatable bonds is 3. The maximum Gasteiger partial charge on any atom is 0.0703 e. The minimum Gasteiger partial charge on any atom is -0.381 e. The van der Waals surface area contributed by atoms with Crippen molar-refractivity contribution in [2.24, 2.45) is 0 Å². The molecule has 3 aromatic rings. The van der Waals surface area contributed by atoms with Crippen molar-refractivity contribution in [3.63, 3.8) is 0 Å². The molecule has 0 amide bonds. The minimum absolute atomic E-state index is 0.777. The van der Waals surface area contributed by atoms with Crippen molar-refractivity contribution in [1.82, 2.24) is 9.97 Å². The molecule has 1 N–H and O–H groups in total. The first-order valence-electron chi connectivity index (χ1n) is 5.89. The predicted octanol–water partition coefficient (Wildman–Crippen LogP) is 3.24. The molecule has 0 saturated carbocycles. The lowest BCUT2D eigenvalue weighted by Gasteiger charge is -2.07. The molecule has 2 heterocycles. The van der Waals surface area contributed by atoms with Crippen LogP contribution >= 0.6 is 0 Å². The zero-order chi connectivity index (χ0) is 12.2. The smallest absolute Gasteiger partial charge is 0.0703 e. The van der Waals surface area contributed by atoms with E-state index in [0.717, 1.165) is 23.1 Å². The van der Waals surface area contributed by atoms with Gasteiger partial charge in [0.15, 0.2) is 0 Å². The second-order valence-corrected chi connectivity index (χ2v) is 4.13. The van der Waals surface area contributed by atoms with Crippen LogP contribution < -0.4 is 5.32 Å². The Bertz CT molecular complexity index is 650. The van der Waals surface area contributed by atoms with Gasteiger partial charge in [-0.05, 0) is 35.9 Å². The van der Waals surface area contributed by atoms with Crippen LogP contribution in [0.3, 0.4) is 0 Å². The molecule has 0 unspecified atom stereocenters. The summed E-state index contributed by atoms with van der Waals surface area (Å²) in [5.41, 5.74) is 3.28. The lowest BCUT2D eigenvalue weighted by Crippen LogP contribution is -1.99. The van der Waals surface area contributed by atoms with Gasteiger partial charge in [-0.25, -0.2) is 0 Å². The number of benzene rings is 1. The van der Waals surface area contributed by atoms with Crippen molar-refractivity contribution in [1.29, 1.82) is 0 Å². The maximum atomic E-state index is 4.30. The Labute approximate surface area is 106 Å². The van der Waals surface area contributed by atoms with Crippen LogP contribution in [0.15, 0.2) is 61.1 Å². The first-order valence-corrected chi connectivity index (χ1v) is 5.89. The SMILES string of the molecule is c1cncc(CNc2ccc3ncccc3c2)c1. The lowest BCUT2D eigenvalue weighted by molar-refractivity contribution is 1.11. The Balaban J connectivity index is 1.79. The third kappa shape index (κ3) is 2.30. The van der Waals surface area contributed by atoms with Gasteiger partial charge in [-0.15, -0.1) is 0 Å². The number of fused-ring (bicyclic) bond motifs is 1. The van der Waals surface area contributed by atoms with Crippen LogP contribution in [0.5, 0.6) is 0 Å². The number of nitrogens with zero attached hydrogens (tertiary/aromatic N) is 2. The van der Waals surface area contributed by atoms with E-state index in [2.05, 4.69) is 33.5 Å². The van der Waals surface area contributed by atoms with Gasteiger partial charge >= 0.3 is 0 Å². The topological polar surface area (TPSA) is 37.8 Å². The molecule has 0 atom stereocenters. The molecule has 0 radical (unpaired) electrons. The summed E-state index contributed by atoms with van der Waals surface area (Å²) in [7, 11) is 0. The Morgan fingerprint density at radius 1 is 1.00 bits per heavy atom. The largest absolute Gasteiger partial charge is 0.381 e. The minimum atomic E-state index is 0.777. The third-order valence-corrected chi connectivity index (χ3v) is 2.82. The first-order chi connectivity index (χ1) is 8.92. The van der Waals surface area contributed by atoms with Crippen LogP contribution in [0.1, 0.15) is 5.56 Å². The fourth-order valence-corrected chi connectivity index (χ4v) is 1.89. The zero-order valence-electron chi connectivity index (χ0n) is 9.88. The van der Waals surface area contributed by atoms with E-state index in [1.54, 1.807) is 6.20 Å². The molecule has 3 rings (SSSR count). The van der Waals surface area contributed by atoms with Crippen molar-refractivity contribution in [3.05, 3.63) is 66.6 Å². The monoisotopic (exact) mass is 235 g/mol. The third-order valence-electron chi connectivity index (χ3n) is 2.82. The normalized spacial score (nSPS) is 10.4. The van der Waals surface area contributed by atoms with Crippen LogP contribution in [0.4, 0.5) is 5.69 Å². The Morgan fingerprint density at radius 2 is 1.94 bits per heavy atom. The van der Waals surface area contributed by atoms with Gasteiger partial charge in [0.25, 0.3) is 0 Å². The number of pyridine rings is 2. The molecular formula is C15H13N3. The molecule has 0 bridgehead atoms. The van der Waals surface area contributed by atoms with Gasteiger partial charge in [0.2, 0.25) is 0 Å². The van der Waals surface area contributed by atoms with Gasteiger partial charge in [-0.3, -0.25) is 9.97 Å². The fourth-order valence-electron chi connectivity index (χ4n) is 1.89. The summed E-state index contributed by atoms with van der Waals surface area (Å²) in [4.78, 5) is 8.40. The van der Waals surface area contributed by atoms with Crippen molar-refractivity contribution >= 4 is 16.6 Å². The van der Waals surface area contributed by atoms with E-state index in [0.29, 0.717) is 0 Å². The standard InChI is InChI=1S/C15H13N3/c1-3-12(10-16-7-1)11-18-14-5-6-15-13(9-14)4-2-8-17-15/h1-10,18H,11H2. The van der Waals surface area contributed by atoms with E-state index >= 15 is 0 Å². The number of hydrogen-bond acceptors (Lipinski definition) is 3. The molecule has 0 aliphatic heterocycles. The first kappa shape index (κ1) is 10.7. The number of nitrogens with one attached hydrogen (secondary N) is 1. The second kappa shape index (κ2) is 4.84. The van der Waals surface area contributed by atoms with Crippen molar-refractivity contribution < 1.29 is 0 Å².